The Morgan fingerprint density at radius 2 is 1.90 bits per heavy atom. The average Bonchev–Trinajstić information content (AvgIpc) is 2.50. The highest BCUT2D eigenvalue weighted by Crippen LogP contribution is 2.34. The molecular formula is C18H29NO. The maximum Gasteiger partial charge on any atom is 0.122 e. The van der Waals surface area contributed by atoms with E-state index in [2.05, 4.69) is 36.5 Å². The van der Waals surface area contributed by atoms with Gasteiger partial charge in [0.25, 0.3) is 0 Å². The molecule has 1 aromatic carbocycles. The summed E-state index contributed by atoms with van der Waals surface area (Å²) in [5.41, 5.74) is 1.38. The summed E-state index contributed by atoms with van der Waals surface area (Å²) < 4.78 is 5.51. The number of nitrogens with one attached hydrogen (secondary N) is 1. The molecule has 1 aliphatic carbocycles. The third-order valence-electron chi connectivity index (χ3n) is 4.57. The van der Waals surface area contributed by atoms with Crippen LogP contribution in [0.25, 0.3) is 0 Å². The molecule has 0 spiro atoms. The minimum atomic E-state index is 0.810. The SMILES string of the molecule is CCCNCC1CCCCC1Cc1ccccc1OC. The van der Waals surface area contributed by atoms with E-state index in [1.807, 2.05) is 0 Å². The number of hydrogen-bond acceptors (Lipinski definition) is 2. The van der Waals surface area contributed by atoms with Crippen LogP contribution in [0.1, 0.15) is 44.6 Å². The van der Waals surface area contributed by atoms with Gasteiger partial charge in [0.1, 0.15) is 5.75 Å². The van der Waals surface area contributed by atoms with Gasteiger partial charge in [0.2, 0.25) is 0 Å². The topological polar surface area (TPSA) is 21.3 Å². The molecule has 1 saturated carbocycles. The normalized spacial score (nSPS) is 22.7. The Balaban J connectivity index is 1.97. The first kappa shape index (κ1) is 15.4. The Labute approximate surface area is 123 Å². The molecule has 1 N–H and O–H groups in total. The maximum absolute atomic E-state index is 5.51. The van der Waals surface area contributed by atoms with E-state index in [4.69, 9.17) is 4.74 Å². The fourth-order valence-corrected chi connectivity index (χ4v) is 3.44. The summed E-state index contributed by atoms with van der Waals surface area (Å²) in [7, 11) is 1.78. The van der Waals surface area contributed by atoms with E-state index in [1.165, 1.54) is 50.6 Å². The highest BCUT2D eigenvalue weighted by molar-refractivity contribution is 5.33. The van der Waals surface area contributed by atoms with Crippen molar-refractivity contribution in [2.45, 2.75) is 45.4 Å². The minimum absolute atomic E-state index is 0.810. The first-order chi connectivity index (χ1) is 9.85. The highest BCUT2D eigenvalue weighted by atomic mass is 16.5. The molecule has 0 saturated heterocycles. The molecule has 0 radical (unpaired) electrons. The molecule has 20 heavy (non-hydrogen) atoms. The third kappa shape index (κ3) is 4.24. The summed E-state index contributed by atoms with van der Waals surface area (Å²) in [5, 5.41) is 3.62. The van der Waals surface area contributed by atoms with E-state index in [0.29, 0.717) is 0 Å². The number of hydrogen-bond donors (Lipinski definition) is 1. The van der Waals surface area contributed by atoms with E-state index in [-0.39, 0.29) is 0 Å². The van der Waals surface area contributed by atoms with E-state index < -0.39 is 0 Å². The molecule has 0 bridgehead atoms. The van der Waals surface area contributed by atoms with Crippen LogP contribution in [0, 0.1) is 11.8 Å². The quantitative estimate of drug-likeness (QED) is 0.758. The molecule has 1 aliphatic rings. The number of benzene rings is 1. The van der Waals surface area contributed by atoms with Gasteiger partial charge in [-0.05, 0) is 62.2 Å². The fraction of sp³-hybridized carbons (Fsp3) is 0.667. The van der Waals surface area contributed by atoms with E-state index in [0.717, 1.165) is 24.1 Å². The Morgan fingerprint density at radius 1 is 1.15 bits per heavy atom. The summed E-state index contributed by atoms with van der Waals surface area (Å²) in [4.78, 5) is 0. The second kappa shape index (κ2) is 8.31. The zero-order chi connectivity index (χ0) is 14.2. The van der Waals surface area contributed by atoms with Crippen LogP contribution in [0.4, 0.5) is 0 Å². The predicted octanol–water partition coefficient (Wildman–Crippen LogP) is 4.04. The zero-order valence-corrected chi connectivity index (χ0v) is 13.0. The average molecular weight is 275 g/mol. The summed E-state index contributed by atoms with van der Waals surface area (Å²) in [6.07, 6.45) is 7.95. The van der Waals surface area contributed by atoms with Crippen LogP contribution in [0.3, 0.4) is 0 Å². The summed E-state index contributed by atoms with van der Waals surface area (Å²) in [5.74, 6) is 2.70. The number of para-hydroxylation sites is 1. The first-order valence-electron chi connectivity index (χ1n) is 8.17. The fourth-order valence-electron chi connectivity index (χ4n) is 3.44. The van der Waals surface area contributed by atoms with E-state index >= 15 is 0 Å². The third-order valence-corrected chi connectivity index (χ3v) is 4.57. The second-order valence-corrected chi connectivity index (χ2v) is 6.02. The van der Waals surface area contributed by atoms with Crippen LogP contribution in [-0.4, -0.2) is 20.2 Å². The van der Waals surface area contributed by atoms with Gasteiger partial charge in [-0.15, -0.1) is 0 Å². The van der Waals surface area contributed by atoms with Gasteiger partial charge in [-0.2, -0.15) is 0 Å². The van der Waals surface area contributed by atoms with Crippen LogP contribution in [0.15, 0.2) is 24.3 Å². The van der Waals surface area contributed by atoms with Crippen molar-refractivity contribution in [3.63, 3.8) is 0 Å². The van der Waals surface area contributed by atoms with Crippen molar-refractivity contribution >= 4 is 0 Å². The second-order valence-electron chi connectivity index (χ2n) is 6.02. The number of rotatable bonds is 7. The monoisotopic (exact) mass is 275 g/mol. The molecule has 112 valence electrons. The highest BCUT2D eigenvalue weighted by Gasteiger charge is 2.25. The lowest BCUT2D eigenvalue weighted by molar-refractivity contribution is 0.227. The molecule has 1 fully saturated rings. The Hall–Kier alpha value is -1.02. The van der Waals surface area contributed by atoms with Crippen molar-refractivity contribution in [3.8, 4) is 5.75 Å². The molecule has 0 amide bonds. The van der Waals surface area contributed by atoms with Crippen LogP contribution in [0.2, 0.25) is 0 Å². The van der Waals surface area contributed by atoms with Crippen molar-refractivity contribution in [2.24, 2.45) is 11.8 Å². The summed E-state index contributed by atoms with van der Waals surface area (Å²) >= 11 is 0. The standard InChI is InChI=1S/C18H29NO/c1-3-12-19-14-17-10-5-4-8-15(17)13-16-9-6-7-11-18(16)20-2/h6-7,9,11,15,17,19H,3-5,8,10,12-14H2,1-2H3. The van der Waals surface area contributed by atoms with Gasteiger partial charge in [-0.1, -0.05) is 38.0 Å². The maximum atomic E-state index is 5.51. The predicted molar refractivity (Wildman–Crippen MR) is 85.3 cm³/mol. The van der Waals surface area contributed by atoms with Gasteiger partial charge in [-0.25, -0.2) is 0 Å². The van der Waals surface area contributed by atoms with Crippen molar-refractivity contribution in [2.75, 3.05) is 20.2 Å². The Bertz CT molecular complexity index is 391. The number of ether oxygens (including phenoxy) is 1. The van der Waals surface area contributed by atoms with Gasteiger partial charge in [0, 0.05) is 0 Å². The minimum Gasteiger partial charge on any atom is -0.496 e. The van der Waals surface area contributed by atoms with Gasteiger partial charge in [0.15, 0.2) is 0 Å². The Morgan fingerprint density at radius 3 is 2.65 bits per heavy atom. The van der Waals surface area contributed by atoms with Crippen LogP contribution >= 0.6 is 0 Å². The zero-order valence-electron chi connectivity index (χ0n) is 13.0. The molecule has 0 aromatic heterocycles. The van der Waals surface area contributed by atoms with Gasteiger partial charge in [-0.3, -0.25) is 0 Å². The lowest BCUT2D eigenvalue weighted by Crippen LogP contribution is -2.32. The molecule has 2 rings (SSSR count). The smallest absolute Gasteiger partial charge is 0.122 e. The van der Waals surface area contributed by atoms with Gasteiger partial charge >= 0.3 is 0 Å². The van der Waals surface area contributed by atoms with Gasteiger partial charge < -0.3 is 10.1 Å². The molecule has 2 nitrogen and oxygen atoms in total. The van der Waals surface area contributed by atoms with E-state index in [9.17, 15) is 0 Å². The largest absolute Gasteiger partial charge is 0.496 e. The molecule has 2 heteroatoms. The van der Waals surface area contributed by atoms with Crippen molar-refractivity contribution in [1.29, 1.82) is 0 Å². The lowest BCUT2D eigenvalue weighted by atomic mass is 9.76. The van der Waals surface area contributed by atoms with Crippen LogP contribution in [0.5, 0.6) is 5.75 Å². The Kier molecular flexibility index (Phi) is 6.38. The molecule has 1 aromatic rings. The van der Waals surface area contributed by atoms with Gasteiger partial charge in [0.05, 0.1) is 7.11 Å². The molecule has 2 unspecified atom stereocenters. The summed E-state index contributed by atoms with van der Waals surface area (Å²) in [6.45, 7) is 4.58. The van der Waals surface area contributed by atoms with E-state index in [1.54, 1.807) is 7.11 Å². The molecule has 2 atom stereocenters. The summed E-state index contributed by atoms with van der Waals surface area (Å²) in [6, 6.07) is 8.50. The molecule has 0 aliphatic heterocycles. The van der Waals surface area contributed by atoms with Crippen molar-refractivity contribution in [3.05, 3.63) is 29.8 Å². The molecule has 0 heterocycles. The lowest BCUT2D eigenvalue weighted by Gasteiger charge is -2.32. The van der Waals surface area contributed by atoms with Crippen molar-refractivity contribution < 1.29 is 4.74 Å². The van der Waals surface area contributed by atoms with Crippen LogP contribution < -0.4 is 10.1 Å². The molecular weight excluding hydrogens is 246 g/mol. The number of methoxy groups -OCH3 is 1. The van der Waals surface area contributed by atoms with Crippen LogP contribution in [-0.2, 0) is 6.42 Å². The van der Waals surface area contributed by atoms with Crippen molar-refractivity contribution in [1.82, 2.24) is 5.32 Å². The first-order valence-corrected chi connectivity index (χ1v) is 8.17.